The third-order valence-corrected chi connectivity index (χ3v) is 4.61. The molecule has 1 amide bonds. The van der Waals surface area contributed by atoms with Gasteiger partial charge in [-0.15, -0.1) is 10.2 Å². The minimum absolute atomic E-state index is 0.196. The molecule has 0 spiro atoms. The molecule has 1 N–H and O–H groups in total. The van der Waals surface area contributed by atoms with Crippen LogP contribution < -0.4 is 5.32 Å². The predicted octanol–water partition coefficient (Wildman–Crippen LogP) is 3.34. The first-order valence-corrected chi connectivity index (χ1v) is 8.50. The van der Waals surface area contributed by atoms with Gasteiger partial charge < -0.3 is 9.73 Å². The van der Waals surface area contributed by atoms with Crippen molar-refractivity contribution in [2.24, 2.45) is 5.92 Å². The van der Waals surface area contributed by atoms with Crippen LogP contribution in [0.1, 0.15) is 49.6 Å². The molecular weight excluding hydrogens is 316 g/mol. The van der Waals surface area contributed by atoms with Crippen LogP contribution in [0.3, 0.4) is 0 Å². The van der Waals surface area contributed by atoms with Crippen LogP contribution in [0.25, 0.3) is 11.7 Å². The number of hydrogen-bond acceptors (Lipinski definition) is 4. The maximum absolute atomic E-state index is 12.2. The van der Waals surface area contributed by atoms with E-state index in [0.29, 0.717) is 23.4 Å². The van der Waals surface area contributed by atoms with Gasteiger partial charge in [0.2, 0.25) is 5.91 Å². The van der Waals surface area contributed by atoms with Crippen molar-refractivity contribution in [2.45, 2.75) is 32.2 Å². The second kappa shape index (κ2) is 6.20. The first-order valence-electron chi connectivity index (χ1n) is 8.50. The Labute approximate surface area is 145 Å². The molecule has 1 saturated carbocycles. The molecule has 0 radical (unpaired) electrons. The van der Waals surface area contributed by atoms with Crippen LogP contribution >= 0.6 is 0 Å². The van der Waals surface area contributed by atoms with E-state index in [-0.39, 0.29) is 11.9 Å². The Hall–Kier alpha value is -2.89. The molecule has 3 aromatic rings. The lowest BCUT2D eigenvalue weighted by Crippen LogP contribution is -2.26. The average molecular weight is 336 g/mol. The summed E-state index contributed by atoms with van der Waals surface area (Å²) in [5.41, 5.74) is 0.756. The summed E-state index contributed by atoms with van der Waals surface area (Å²) in [5, 5.41) is 11.2. The Bertz CT molecular complexity index is 940. The molecule has 6 nitrogen and oxygen atoms in total. The molecule has 3 heterocycles. The molecule has 0 saturated heterocycles. The van der Waals surface area contributed by atoms with Gasteiger partial charge >= 0.3 is 0 Å². The minimum atomic E-state index is -0.256. The van der Waals surface area contributed by atoms with Crippen molar-refractivity contribution >= 4 is 17.6 Å². The van der Waals surface area contributed by atoms with Crippen LogP contribution in [0, 0.1) is 5.92 Å². The van der Waals surface area contributed by atoms with Gasteiger partial charge in [-0.3, -0.25) is 9.20 Å². The fourth-order valence-electron chi connectivity index (χ4n) is 3.01. The molecule has 4 rings (SSSR count). The van der Waals surface area contributed by atoms with Crippen molar-refractivity contribution in [1.29, 1.82) is 0 Å². The lowest BCUT2D eigenvalue weighted by molar-refractivity contribution is -0.117. The van der Waals surface area contributed by atoms with E-state index in [4.69, 9.17) is 4.42 Å². The predicted molar refractivity (Wildman–Crippen MR) is 93.8 cm³/mol. The van der Waals surface area contributed by atoms with E-state index in [9.17, 15) is 4.79 Å². The van der Waals surface area contributed by atoms with Gasteiger partial charge in [0.1, 0.15) is 11.5 Å². The zero-order chi connectivity index (χ0) is 17.4. The van der Waals surface area contributed by atoms with E-state index < -0.39 is 0 Å². The number of rotatable bonds is 5. The van der Waals surface area contributed by atoms with E-state index in [1.165, 1.54) is 12.5 Å². The largest absolute Gasteiger partial charge is 0.461 e. The second-order valence-electron chi connectivity index (χ2n) is 6.61. The van der Waals surface area contributed by atoms with Crippen LogP contribution in [0.2, 0.25) is 0 Å². The van der Waals surface area contributed by atoms with Crippen LogP contribution in [-0.4, -0.2) is 20.5 Å². The number of furan rings is 1. The third-order valence-electron chi connectivity index (χ3n) is 4.61. The van der Waals surface area contributed by atoms with Crippen molar-refractivity contribution in [1.82, 2.24) is 19.9 Å². The smallest absolute Gasteiger partial charge is 0.244 e. The highest BCUT2D eigenvalue weighted by Crippen LogP contribution is 2.47. The van der Waals surface area contributed by atoms with Gasteiger partial charge in [0.05, 0.1) is 6.04 Å². The van der Waals surface area contributed by atoms with Gasteiger partial charge in [-0.1, -0.05) is 13.0 Å². The highest BCUT2D eigenvalue weighted by molar-refractivity contribution is 5.91. The minimum Gasteiger partial charge on any atom is -0.461 e. The summed E-state index contributed by atoms with van der Waals surface area (Å²) in [6, 6.07) is 9.33. The van der Waals surface area contributed by atoms with Gasteiger partial charge in [-0.25, -0.2) is 0 Å². The summed E-state index contributed by atoms with van der Waals surface area (Å²) in [6.45, 7) is 4.10. The molecule has 0 unspecified atom stereocenters. The molecule has 0 bridgehead atoms. The van der Waals surface area contributed by atoms with Gasteiger partial charge in [0.15, 0.2) is 11.5 Å². The number of pyridine rings is 1. The standard InChI is InChI=1S/C19H20N4O2/c1-12-11-15(12)16-8-6-14(25-16)7-9-18(24)20-13(2)19-22-21-17-5-3-4-10-23(17)19/h3-10,12-13,15H,11H2,1-2H3,(H,20,24)/b9-7-/t12-,13+,15-/m1/s1. The summed E-state index contributed by atoms with van der Waals surface area (Å²) in [7, 11) is 0. The van der Waals surface area contributed by atoms with Gasteiger partial charge in [-0.2, -0.15) is 0 Å². The number of carbonyl (C=O) groups excluding carboxylic acids is 1. The molecule has 1 aliphatic rings. The third kappa shape index (κ3) is 3.20. The summed E-state index contributed by atoms with van der Waals surface area (Å²) < 4.78 is 7.64. The normalized spacial score (nSPS) is 20.9. The molecule has 0 aromatic carbocycles. The second-order valence-corrected chi connectivity index (χ2v) is 6.61. The zero-order valence-electron chi connectivity index (χ0n) is 14.2. The number of nitrogens with one attached hydrogen (secondary N) is 1. The van der Waals surface area contributed by atoms with Crippen molar-refractivity contribution in [3.63, 3.8) is 0 Å². The topological polar surface area (TPSA) is 72.4 Å². The van der Waals surface area contributed by atoms with Crippen molar-refractivity contribution in [2.75, 3.05) is 0 Å². The van der Waals surface area contributed by atoms with Gasteiger partial charge in [0, 0.05) is 18.2 Å². The Morgan fingerprint density at radius 3 is 3.00 bits per heavy atom. The summed E-state index contributed by atoms with van der Waals surface area (Å²) in [5.74, 6) is 3.45. The summed E-state index contributed by atoms with van der Waals surface area (Å²) in [4.78, 5) is 12.2. The average Bonchev–Trinajstić information content (AvgIpc) is 3.04. The number of hydrogen-bond donors (Lipinski definition) is 1. The number of aromatic nitrogens is 3. The molecular formula is C19H20N4O2. The fourth-order valence-corrected chi connectivity index (χ4v) is 3.01. The Kier molecular flexibility index (Phi) is 3.87. The van der Waals surface area contributed by atoms with E-state index in [0.717, 1.165) is 11.4 Å². The maximum Gasteiger partial charge on any atom is 0.244 e. The van der Waals surface area contributed by atoms with Crippen LogP contribution in [0.5, 0.6) is 0 Å². The molecule has 3 atom stereocenters. The lowest BCUT2D eigenvalue weighted by atomic mass is 10.3. The lowest BCUT2D eigenvalue weighted by Gasteiger charge is -2.10. The maximum atomic E-state index is 12.2. The van der Waals surface area contributed by atoms with Crippen LogP contribution in [-0.2, 0) is 4.79 Å². The quantitative estimate of drug-likeness (QED) is 0.725. The van der Waals surface area contributed by atoms with E-state index in [2.05, 4.69) is 22.4 Å². The highest BCUT2D eigenvalue weighted by atomic mass is 16.3. The Balaban J connectivity index is 1.40. The highest BCUT2D eigenvalue weighted by Gasteiger charge is 2.36. The monoisotopic (exact) mass is 336 g/mol. The molecule has 1 fully saturated rings. The number of fused-ring (bicyclic) bond motifs is 1. The number of amides is 1. The van der Waals surface area contributed by atoms with Gasteiger partial charge in [-0.05, 0) is 49.6 Å². The zero-order valence-corrected chi connectivity index (χ0v) is 14.2. The molecule has 128 valence electrons. The molecule has 25 heavy (non-hydrogen) atoms. The molecule has 3 aromatic heterocycles. The molecule has 0 aliphatic heterocycles. The van der Waals surface area contributed by atoms with Crippen molar-refractivity contribution in [3.05, 3.63) is 59.9 Å². The van der Waals surface area contributed by atoms with Gasteiger partial charge in [0.25, 0.3) is 0 Å². The van der Waals surface area contributed by atoms with E-state index in [1.807, 2.05) is 47.9 Å². The summed E-state index contributed by atoms with van der Waals surface area (Å²) in [6.07, 6.45) is 6.24. The van der Waals surface area contributed by atoms with E-state index in [1.54, 1.807) is 6.08 Å². The number of nitrogens with zero attached hydrogens (tertiary/aromatic N) is 3. The fraction of sp³-hybridized carbons (Fsp3) is 0.316. The van der Waals surface area contributed by atoms with Crippen molar-refractivity contribution in [3.8, 4) is 0 Å². The van der Waals surface area contributed by atoms with E-state index >= 15 is 0 Å². The molecule has 6 heteroatoms. The van der Waals surface area contributed by atoms with Crippen LogP contribution in [0.15, 0.2) is 47.0 Å². The van der Waals surface area contributed by atoms with Crippen LogP contribution in [0.4, 0.5) is 0 Å². The molecule has 1 aliphatic carbocycles. The Morgan fingerprint density at radius 2 is 2.20 bits per heavy atom. The number of carbonyl (C=O) groups is 1. The Morgan fingerprint density at radius 1 is 1.36 bits per heavy atom. The summed E-state index contributed by atoms with van der Waals surface area (Å²) >= 11 is 0. The first kappa shape index (κ1) is 15.6. The SMILES string of the molecule is C[C@H](NC(=O)/C=C\c1ccc([C@@H]2C[C@H]2C)o1)c1nnc2ccccn12. The first-order chi connectivity index (χ1) is 12.1. The van der Waals surface area contributed by atoms with Crippen molar-refractivity contribution < 1.29 is 9.21 Å².